The Morgan fingerprint density at radius 3 is 2.12 bits per heavy atom. The molecule has 2 rings (SSSR count). The lowest BCUT2D eigenvalue weighted by Crippen LogP contribution is -2.17. The minimum absolute atomic E-state index is 0.0525. The number of rotatable bonds is 7. The van der Waals surface area contributed by atoms with Gasteiger partial charge in [0.25, 0.3) is 5.91 Å². The van der Waals surface area contributed by atoms with Crippen molar-refractivity contribution in [2.75, 3.05) is 24.4 Å². The van der Waals surface area contributed by atoms with E-state index < -0.39 is 0 Å². The van der Waals surface area contributed by atoms with E-state index in [1.165, 1.54) is 7.11 Å². The van der Waals surface area contributed by atoms with Crippen molar-refractivity contribution in [2.24, 2.45) is 5.92 Å². The lowest BCUT2D eigenvalue weighted by molar-refractivity contribution is -0.118. The number of carbonyl (C=O) groups is 2. The van der Waals surface area contributed by atoms with Crippen molar-refractivity contribution in [3.05, 3.63) is 48.0 Å². The van der Waals surface area contributed by atoms with Crippen molar-refractivity contribution in [3.8, 4) is 11.5 Å². The van der Waals surface area contributed by atoms with Gasteiger partial charge >= 0.3 is 0 Å². The molecule has 2 N–H and O–H groups in total. The van der Waals surface area contributed by atoms with Crippen LogP contribution in [0.3, 0.4) is 0 Å². The van der Waals surface area contributed by atoms with E-state index in [-0.39, 0.29) is 17.7 Å². The molecule has 6 nitrogen and oxygen atoms in total. The molecule has 2 aromatic carbocycles. The van der Waals surface area contributed by atoms with Gasteiger partial charge in [-0.3, -0.25) is 9.59 Å². The second kappa shape index (κ2) is 8.89. The van der Waals surface area contributed by atoms with Crippen LogP contribution in [0.15, 0.2) is 42.5 Å². The monoisotopic (exact) mass is 356 g/mol. The normalized spacial score (nSPS) is 10.3. The molecule has 0 heterocycles. The highest BCUT2D eigenvalue weighted by Crippen LogP contribution is 2.28. The summed E-state index contributed by atoms with van der Waals surface area (Å²) in [7, 11) is 1.53. The minimum Gasteiger partial charge on any atom is -0.493 e. The standard InChI is InChI=1S/C20H24N2O4/c1-5-26-17-11-6-14(12-18(17)25-4)20(24)22-16-9-7-15(8-10-16)21-19(23)13(2)3/h6-13H,5H2,1-4H3,(H,21,23)(H,22,24). The zero-order chi connectivity index (χ0) is 19.1. The summed E-state index contributed by atoms with van der Waals surface area (Å²) in [6.07, 6.45) is 0. The summed E-state index contributed by atoms with van der Waals surface area (Å²) in [5.41, 5.74) is 1.78. The summed E-state index contributed by atoms with van der Waals surface area (Å²) in [5, 5.41) is 5.62. The highest BCUT2D eigenvalue weighted by Gasteiger charge is 2.12. The molecule has 2 aromatic rings. The lowest BCUT2D eigenvalue weighted by atomic mass is 10.1. The molecule has 0 atom stereocenters. The van der Waals surface area contributed by atoms with Gasteiger partial charge in [0.2, 0.25) is 5.91 Å². The Bertz CT molecular complexity index is 770. The van der Waals surface area contributed by atoms with E-state index in [1.54, 1.807) is 42.5 Å². The number of amides is 2. The van der Waals surface area contributed by atoms with Crippen LogP contribution in [0.4, 0.5) is 11.4 Å². The summed E-state index contributed by atoms with van der Waals surface area (Å²) in [6.45, 7) is 6.05. The summed E-state index contributed by atoms with van der Waals surface area (Å²) in [4.78, 5) is 24.1. The molecule has 0 aromatic heterocycles. The van der Waals surface area contributed by atoms with E-state index in [1.807, 2.05) is 20.8 Å². The van der Waals surface area contributed by atoms with E-state index in [0.29, 0.717) is 35.0 Å². The van der Waals surface area contributed by atoms with Crippen molar-refractivity contribution >= 4 is 23.2 Å². The van der Waals surface area contributed by atoms with Crippen LogP contribution in [-0.2, 0) is 4.79 Å². The molecular formula is C20H24N2O4. The van der Waals surface area contributed by atoms with Crippen LogP contribution >= 0.6 is 0 Å². The van der Waals surface area contributed by atoms with Crippen molar-refractivity contribution in [3.63, 3.8) is 0 Å². The molecule has 0 bridgehead atoms. The third-order valence-electron chi connectivity index (χ3n) is 3.66. The Hall–Kier alpha value is -3.02. The van der Waals surface area contributed by atoms with E-state index in [0.717, 1.165) is 0 Å². The van der Waals surface area contributed by atoms with Gasteiger partial charge in [-0.05, 0) is 49.4 Å². The highest BCUT2D eigenvalue weighted by molar-refractivity contribution is 6.04. The highest BCUT2D eigenvalue weighted by atomic mass is 16.5. The molecule has 0 aliphatic heterocycles. The smallest absolute Gasteiger partial charge is 0.255 e. The van der Waals surface area contributed by atoms with E-state index in [9.17, 15) is 9.59 Å². The zero-order valence-electron chi connectivity index (χ0n) is 15.5. The number of benzene rings is 2. The van der Waals surface area contributed by atoms with E-state index >= 15 is 0 Å². The molecule has 0 saturated carbocycles. The number of nitrogens with one attached hydrogen (secondary N) is 2. The van der Waals surface area contributed by atoms with Gasteiger partial charge in [-0.15, -0.1) is 0 Å². The molecule has 0 unspecified atom stereocenters. The van der Waals surface area contributed by atoms with Crippen molar-refractivity contribution in [2.45, 2.75) is 20.8 Å². The van der Waals surface area contributed by atoms with Crippen LogP contribution in [-0.4, -0.2) is 25.5 Å². The van der Waals surface area contributed by atoms with Crippen LogP contribution in [0.2, 0.25) is 0 Å². The quantitative estimate of drug-likeness (QED) is 0.788. The zero-order valence-corrected chi connectivity index (χ0v) is 15.5. The second-order valence-corrected chi connectivity index (χ2v) is 5.97. The average molecular weight is 356 g/mol. The summed E-state index contributed by atoms with van der Waals surface area (Å²) in [6, 6.07) is 12.0. The lowest BCUT2D eigenvalue weighted by Gasteiger charge is -2.12. The van der Waals surface area contributed by atoms with Gasteiger partial charge in [0.15, 0.2) is 11.5 Å². The van der Waals surface area contributed by atoms with Crippen molar-refractivity contribution in [1.29, 1.82) is 0 Å². The third kappa shape index (κ3) is 4.99. The molecule has 0 fully saturated rings. The number of anilines is 2. The van der Waals surface area contributed by atoms with Crippen LogP contribution in [0, 0.1) is 5.92 Å². The molecule has 6 heteroatoms. The number of ether oxygens (including phenoxy) is 2. The fourth-order valence-electron chi connectivity index (χ4n) is 2.21. The molecule has 2 amide bonds. The Balaban J connectivity index is 2.06. The molecule has 138 valence electrons. The van der Waals surface area contributed by atoms with Crippen LogP contribution in [0.25, 0.3) is 0 Å². The number of methoxy groups -OCH3 is 1. The maximum atomic E-state index is 12.4. The van der Waals surface area contributed by atoms with Crippen molar-refractivity contribution < 1.29 is 19.1 Å². The SMILES string of the molecule is CCOc1ccc(C(=O)Nc2ccc(NC(=O)C(C)C)cc2)cc1OC. The molecule has 0 aliphatic rings. The molecule has 26 heavy (non-hydrogen) atoms. The number of hydrogen-bond acceptors (Lipinski definition) is 4. The Morgan fingerprint density at radius 2 is 1.58 bits per heavy atom. The van der Waals surface area contributed by atoms with Crippen LogP contribution < -0.4 is 20.1 Å². The average Bonchev–Trinajstić information content (AvgIpc) is 2.63. The largest absolute Gasteiger partial charge is 0.493 e. The van der Waals surface area contributed by atoms with Crippen molar-refractivity contribution in [1.82, 2.24) is 0 Å². The second-order valence-electron chi connectivity index (χ2n) is 5.97. The Kier molecular flexibility index (Phi) is 6.60. The number of carbonyl (C=O) groups excluding carboxylic acids is 2. The Morgan fingerprint density at radius 1 is 0.962 bits per heavy atom. The summed E-state index contributed by atoms with van der Waals surface area (Å²) < 4.78 is 10.7. The molecule has 0 saturated heterocycles. The fourth-order valence-corrected chi connectivity index (χ4v) is 2.21. The summed E-state index contributed by atoms with van der Waals surface area (Å²) in [5.74, 6) is 0.695. The van der Waals surface area contributed by atoms with Gasteiger partial charge in [0.05, 0.1) is 13.7 Å². The van der Waals surface area contributed by atoms with E-state index in [4.69, 9.17) is 9.47 Å². The first kappa shape index (κ1) is 19.3. The predicted molar refractivity (Wildman–Crippen MR) is 102 cm³/mol. The number of hydrogen-bond donors (Lipinski definition) is 2. The van der Waals surface area contributed by atoms with Gasteiger partial charge in [-0.25, -0.2) is 0 Å². The maximum Gasteiger partial charge on any atom is 0.255 e. The first-order chi connectivity index (χ1) is 12.4. The molecule has 0 spiro atoms. The third-order valence-corrected chi connectivity index (χ3v) is 3.66. The van der Waals surface area contributed by atoms with Gasteiger partial charge in [0, 0.05) is 22.9 Å². The maximum absolute atomic E-state index is 12.4. The minimum atomic E-state index is -0.259. The fraction of sp³-hybridized carbons (Fsp3) is 0.300. The predicted octanol–water partition coefficient (Wildman–Crippen LogP) is 3.94. The van der Waals surface area contributed by atoms with Gasteiger partial charge in [-0.1, -0.05) is 13.8 Å². The van der Waals surface area contributed by atoms with E-state index in [2.05, 4.69) is 10.6 Å². The van der Waals surface area contributed by atoms with Gasteiger partial charge in [0.1, 0.15) is 0 Å². The van der Waals surface area contributed by atoms with Gasteiger partial charge < -0.3 is 20.1 Å². The molecule has 0 radical (unpaired) electrons. The first-order valence-electron chi connectivity index (χ1n) is 8.47. The topological polar surface area (TPSA) is 76.7 Å². The molecular weight excluding hydrogens is 332 g/mol. The Labute approximate surface area is 153 Å². The van der Waals surface area contributed by atoms with Crippen LogP contribution in [0.1, 0.15) is 31.1 Å². The van der Waals surface area contributed by atoms with Crippen LogP contribution in [0.5, 0.6) is 11.5 Å². The first-order valence-corrected chi connectivity index (χ1v) is 8.47. The molecule has 0 aliphatic carbocycles. The summed E-state index contributed by atoms with van der Waals surface area (Å²) >= 11 is 0. The van der Waals surface area contributed by atoms with Gasteiger partial charge in [-0.2, -0.15) is 0 Å².